The Balaban J connectivity index is 0.000000131. The molecule has 7 aromatic heterocycles. The van der Waals surface area contributed by atoms with E-state index in [2.05, 4.69) is 151 Å². The lowest BCUT2D eigenvalue weighted by Gasteiger charge is -2.15. The maximum absolute atomic E-state index is 12.6. The van der Waals surface area contributed by atoms with E-state index in [0.29, 0.717) is 57.2 Å². The van der Waals surface area contributed by atoms with Gasteiger partial charge in [0, 0.05) is 96.0 Å². The number of nitrogens with one attached hydrogen (secondary N) is 4. The SMILES string of the molecule is CC1CN(Cc2ccccc2)CC1c1nn2c(-c3ccoc3)ncc2c(=O)[nH]1.CC1CN(Cc2ccccc2)CC1c1nnc(CN)c(=O)[nH]1.CC1CN(Cc2ccccc2)CC1c1nnc(CNC(=O)c2ccoc2)c(=O)[nH]1.O=C(ON1C(=O)CCC1=O)c1ccoc1. The van der Waals surface area contributed by atoms with Gasteiger partial charge in [0.25, 0.3) is 34.4 Å². The molecule has 6 N–H and O–H groups in total. The number of H-pyrrole nitrogens is 3. The van der Waals surface area contributed by atoms with Crippen LogP contribution in [0.4, 0.5) is 0 Å². The molecular weight excluding hydrogens is 1200 g/mol. The molecule has 3 amide bonds. The van der Waals surface area contributed by atoms with Gasteiger partial charge in [0.1, 0.15) is 53.2 Å². The summed E-state index contributed by atoms with van der Waals surface area (Å²) in [6, 6.07) is 35.9. The molecule has 4 saturated heterocycles. The van der Waals surface area contributed by atoms with Crippen molar-refractivity contribution in [3.8, 4) is 11.4 Å². The molecule has 10 aromatic rings. The molecule has 94 heavy (non-hydrogen) atoms. The number of hydrogen-bond donors (Lipinski definition) is 5. The smallest absolute Gasteiger partial charge is 0.367 e. The predicted molar refractivity (Wildman–Crippen MR) is 340 cm³/mol. The Morgan fingerprint density at radius 1 is 0.553 bits per heavy atom. The van der Waals surface area contributed by atoms with Crippen LogP contribution in [0.5, 0.6) is 0 Å². The van der Waals surface area contributed by atoms with Crippen LogP contribution in [0.1, 0.15) is 118 Å². The molecule has 4 fully saturated rings. The molecule has 4 aliphatic rings. The first-order chi connectivity index (χ1) is 45.6. The average Bonchev–Trinajstić information content (AvgIpc) is 1.63. The van der Waals surface area contributed by atoms with Crippen LogP contribution in [-0.4, -0.2) is 133 Å². The zero-order chi connectivity index (χ0) is 65.7. The fourth-order valence-electron chi connectivity index (χ4n) is 12.0. The van der Waals surface area contributed by atoms with Gasteiger partial charge < -0.3 is 44.1 Å². The quantitative estimate of drug-likeness (QED) is 0.0672. The van der Waals surface area contributed by atoms with Crippen LogP contribution < -0.4 is 27.7 Å². The van der Waals surface area contributed by atoms with E-state index in [-0.39, 0.29) is 83.2 Å². The van der Waals surface area contributed by atoms with E-state index < -0.39 is 17.8 Å². The Bertz CT molecular complexity index is 4320. The number of hydrogen-bond acceptors (Lipinski definition) is 21. The van der Waals surface area contributed by atoms with Crippen molar-refractivity contribution in [1.82, 2.24) is 75.0 Å². The third-order valence-corrected chi connectivity index (χ3v) is 17.0. The minimum absolute atomic E-state index is 0.00692. The van der Waals surface area contributed by atoms with Crippen molar-refractivity contribution < 1.29 is 37.3 Å². The second kappa shape index (κ2) is 30.2. The number of rotatable bonds is 16. The van der Waals surface area contributed by atoms with E-state index in [4.69, 9.17) is 19.7 Å². The van der Waals surface area contributed by atoms with Crippen molar-refractivity contribution in [2.75, 3.05) is 39.3 Å². The van der Waals surface area contributed by atoms with E-state index >= 15 is 0 Å². The standard InChI is InChI=1S/C21H23N5O3.C21H21N5O2.C16H21N5O.C9H7NO5/c1-14-10-26(11-15-5-3-2-4-6-15)12-17(14)19-23-21(28)18(24-25-19)9-22-20(27)16-7-8-29-13-16;1-14-10-25(11-15-5-3-2-4-6-15)12-17(14)19-23-21(27)18-9-22-20(26(18)24-19)16-7-8-28-13-16;1-11-8-21(9-12-5-3-2-4-6-12)10-13(11)15-18-16(22)14(7-17)19-20-15;11-7-1-2-8(12)10(7)15-9(13)6-3-4-14-5-6/h2-8,13-14,17H,9-12H2,1H3,(H,22,27)(H,23,25,28);2-9,13-14,17H,10-12H2,1H3,(H,23,24,27);2-6,11,13H,7-10,17H2,1H3,(H,18,20,22);3-5H,1-2H2. The summed E-state index contributed by atoms with van der Waals surface area (Å²) in [6.45, 7) is 14.8. The highest BCUT2D eigenvalue weighted by Crippen LogP contribution is 2.34. The first-order valence-electron chi connectivity index (χ1n) is 31.0. The molecule has 6 unspecified atom stereocenters. The van der Waals surface area contributed by atoms with Crippen molar-refractivity contribution in [2.45, 2.75) is 84.1 Å². The number of aromatic nitrogens is 10. The number of likely N-dealkylation sites (tertiary alicyclic amines) is 3. The maximum Gasteiger partial charge on any atom is 0.367 e. The molecule has 11 heterocycles. The highest BCUT2D eigenvalue weighted by Gasteiger charge is 2.37. The summed E-state index contributed by atoms with van der Waals surface area (Å²) in [5, 5.41) is 24.3. The lowest BCUT2D eigenvalue weighted by Crippen LogP contribution is -2.31. The Labute approximate surface area is 538 Å². The zero-order valence-corrected chi connectivity index (χ0v) is 52.1. The minimum Gasteiger partial charge on any atom is -0.472 e. The topological polar surface area (TPSA) is 348 Å². The van der Waals surface area contributed by atoms with Gasteiger partial charge in [0.15, 0.2) is 11.3 Å². The number of nitrogens with zero attached hydrogens (tertiary/aromatic N) is 11. The Kier molecular flexibility index (Phi) is 20.9. The highest BCUT2D eigenvalue weighted by molar-refractivity contribution is 6.02. The number of imide groups is 1. The lowest BCUT2D eigenvalue weighted by atomic mass is 9.97. The van der Waals surface area contributed by atoms with Crippen molar-refractivity contribution in [3.05, 3.63) is 241 Å². The van der Waals surface area contributed by atoms with Crippen molar-refractivity contribution in [2.24, 2.45) is 23.5 Å². The van der Waals surface area contributed by atoms with Gasteiger partial charge in [-0.25, -0.2) is 14.3 Å². The van der Waals surface area contributed by atoms with Crippen LogP contribution in [-0.2, 0) is 47.2 Å². The third kappa shape index (κ3) is 16.0. The Hall–Kier alpha value is -10.6. The fraction of sp³-hybridized carbons (Fsp3) is 0.328. The van der Waals surface area contributed by atoms with Crippen molar-refractivity contribution >= 4 is 29.2 Å². The molecule has 0 radical (unpaired) electrons. The summed E-state index contributed by atoms with van der Waals surface area (Å²) in [4.78, 5) is 107. The van der Waals surface area contributed by atoms with Crippen LogP contribution in [0, 0.1) is 17.8 Å². The normalized spacial score (nSPS) is 19.7. The Morgan fingerprint density at radius 3 is 1.47 bits per heavy atom. The second-order valence-electron chi connectivity index (χ2n) is 23.9. The first kappa shape index (κ1) is 64.9. The summed E-state index contributed by atoms with van der Waals surface area (Å²) >= 11 is 0. The van der Waals surface area contributed by atoms with Gasteiger partial charge in [-0.05, 0) is 52.6 Å². The average molecular weight is 1280 g/mol. The van der Waals surface area contributed by atoms with Gasteiger partial charge in [-0.1, -0.05) is 112 Å². The molecule has 0 aliphatic carbocycles. The maximum atomic E-state index is 12.6. The van der Waals surface area contributed by atoms with Crippen LogP contribution in [0.3, 0.4) is 0 Å². The molecule has 27 heteroatoms. The van der Waals surface area contributed by atoms with Crippen molar-refractivity contribution in [1.29, 1.82) is 0 Å². The Morgan fingerprint density at radius 2 is 1.01 bits per heavy atom. The second-order valence-corrected chi connectivity index (χ2v) is 23.9. The molecule has 0 spiro atoms. The number of benzene rings is 3. The van der Waals surface area contributed by atoms with Gasteiger partial charge in [0.05, 0.1) is 42.7 Å². The summed E-state index contributed by atoms with van der Waals surface area (Å²) < 4.78 is 16.3. The number of carbonyl (C=O) groups excluding carboxylic acids is 4. The summed E-state index contributed by atoms with van der Waals surface area (Å²) in [5.41, 5.74) is 10.9. The molecule has 486 valence electrons. The molecule has 0 saturated carbocycles. The molecule has 3 aromatic carbocycles. The number of hydroxylamine groups is 2. The molecule has 14 rings (SSSR count). The largest absolute Gasteiger partial charge is 0.472 e. The van der Waals surface area contributed by atoms with E-state index in [1.807, 2.05) is 36.4 Å². The third-order valence-electron chi connectivity index (χ3n) is 17.0. The van der Waals surface area contributed by atoms with Crippen LogP contribution in [0.25, 0.3) is 16.9 Å². The van der Waals surface area contributed by atoms with Crippen molar-refractivity contribution in [3.63, 3.8) is 0 Å². The lowest BCUT2D eigenvalue weighted by molar-refractivity contribution is -0.172. The van der Waals surface area contributed by atoms with E-state index in [0.717, 1.165) is 64.5 Å². The predicted octanol–water partition coefficient (Wildman–Crippen LogP) is 6.20. The molecule has 6 atom stereocenters. The van der Waals surface area contributed by atoms with Crippen LogP contribution >= 0.6 is 0 Å². The number of aromatic amines is 3. The summed E-state index contributed by atoms with van der Waals surface area (Å²) in [6.07, 6.45) is 10.1. The number of imidazole rings is 1. The van der Waals surface area contributed by atoms with Gasteiger partial charge in [-0.3, -0.25) is 43.5 Å². The molecule has 4 aliphatic heterocycles. The van der Waals surface area contributed by atoms with Crippen LogP contribution in [0.15, 0.2) is 181 Å². The first-order valence-corrected chi connectivity index (χ1v) is 31.0. The van der Waals surface area contributed by atoms with Crippen LogP contribution in [0.2, 0.25) is 0 Å². The number of furan rings is 3. The monoisotopic (exact) mass is 1280 g/mol. The minimum atomic E-state index is -0.785. The molecule has 0 bridgehead atoms. The van der Waals surface area contributed by atoms with Gasteiger partial charge in [-0.2, -0.15) is 5.10 Å². The van der Waals surface area contributed by atoms with E-state index in [1.54, 1.807) is 29.3 Å². The zero-order valence-electron chi connectivity index (χ0n) is 52.1. The van der Waals surface area contributed by atoms with Gasteiger partial charge in [0.2, 0.25) is 0 Å². The number of carbonyl (C=O) groups is 4. The number of amides is 3. The van der Waals surface area contributed by atoms with Gasteiger partial charge in [-0.15, -0.1) is 25.5 Å². The number of nitrogens with two attached hydrogens (primary N) is 1. The number of fused-ring (bicyclic) bond motifs is 1. The fourth-order valence-corrected chi connectivity index (χ4v) is 12.0. The summed E-state index contributed by atoms with van der Waals surface area (Å²) in [7, 11) is 0. The van der Waals surface area contributed by atoms with E-state index in [1.165, 1.54) is 47.8 Å². The highest BCUT2D eigenvalue weighted by atomic mass is 16.7. The van der Waals surface area contributed by atoms with Gasteiger partial charge >= 0.3 is 5.97 Å². The summed E-state index contributed by atoms with van der Waals surface area (Å²) in [5.74, 6) is 2.15. The van der Waals surface area contributed by atoms with E-state index in [9.17, 15) is 33.6 Å². The molecular formula is C67H72N16O11. The molecule has 27 nitrogen and oxygen atoms in total.